The highest BCUT2D eigenvalue weighted by Gasteiger charge is 2.30. The maximum absolute atomic E-state index is 13.7. The Balaban J connectivity index is 1.30. The smallest absolute Gasteiger partial charge is 0.416 e. The molecule has 0 radical (unpaired) electrons. The van der Waals surface area contributed by atoms with Crippen molar-refractivity contribution >= 4 is 29.4 Å². The standard InChI is InChI=1S/C37H33F3N2O7/c1-47-36(46)26-12-16-28(17-13-26)49-33(43)8-4-5-24-9-18-32(31(23-24)35(45)42-19-21-48-22-20-42)41-34(44)30-7-3-2-6-29(30)25-10-14-27(15-11-25)37(38,39)40/h2-3,6-7,9-18,23H,4-5,8,19-22H2,1H3,(H,41,44). The van der Waals surface area contributed by atoms with Crippen LogP contribution in [0.4, 0.5) is 18.9 Å². The van der Waals surface area contributed by atoms with E-state index >= 15 is 0 Å². The molecule has 0 aliphatic carbocycles. The number of benzene rings is 4. The molecule has 49 heavy (non-hydrogen) atoms. The molecule has 0 unspecified atom stereocenters. The molecule has 2 amide bonds. The van der Waals surface area contributed by atoms with E-state index in [2.05, 4.69) is 10.1 Å². The second-order valence-corrected chi connectivity index (χ2v) is 11.2. The number of hydrogen-bond acceptors (Lipinski definition) is 7. The molecule has 254 valence electrons. The number of rotatable bonds is 10. The predicted octanol–water partition coefficient (Wildman–Crippen LogP) is 6.81. The molecule has 1 aliphatic heterocycles. The number of nitrogens with one attached hydrogen (secondary N) is 1. The van der Waals surface area contributed by atoms with Crippen LogP contribution in [-0.2, 0) is 26.9 Å². The number of nitrogens with zero attached hydrogens (tertiary/aromatic N) is 1. The summed E-state index contributed by atoms with van der Waals surface area (Å²) in [5, 5.41) is 2.84. The largest absolute Gasteiger partial charge is 0.465 e. The van der Waals surface area contributed by atoms with Crippen LogP contribution in [0, 0.1) is 0 Å². The molecule has 0 bridgehead atoms. The van der Waals surface area contributed by atoms with Crippen molar-refractivity contribution in [3.05, 3.63) is 119 Å². The predicted molar refractivity (Wildman–Crippen MR) is 174 cm³/mol. The quantitative estimate of drug-likeness (QED) is 0.145. The van der Waals surface area contributed by atoms with E-state index in [1.807, 2.05) is 0 Å². The summed E-state index contributed by atoms with van der Waals surface area (Å²) in [5.41, 5.74) is 1.88. The fourth-order valence-corrected chi connectivity index (χ4v) is 5.33. The lowest BCUT2D eigenvalue weighted by atomic mass is 9.97. The molecule has 0 aromatic heterocycles. The van der Waals surface area contributed by atoms with Gasteiger partial charge in [0.25, 0.3) is 11.8 Å². The normalized spacial score (nSPS) is 13.0. The molecule has 0 saturated carbocycles. The maximum atomic E-state index is 13.7. The molecule has 12 heteroatoms. The molecule has 0 atom stereocenters. The lowest BCUT2D eigenvalue weighted by Gasteiger charge is -2.28. The van der Waals surface area contributed by atoms with Crippen LogP contribution in [0.3, 0.4) is 0 Å². The molecule has 5 rings (SSSR count). The Kier molecular flexibility index (Phi) is 11.1. The van der Waals surface area contributed by atoms with Crippen LogP contribution < -0.4 is 10.1 Å². The number of carbonyl (C=O) groups excluding carboxylic acids is 4. The Hall–Kier alpha value is -5.49. The summed E-state index contributed by atoms with van der Waals surface area (Å²) in [7, 11) is 1.27. The monoisotopic (exact) mass is 674 g/mol. The van der Waals surface area contributed by atoms with E-state index in [0.29, 0.717) is 55.8 Å². The molecule has 1 N–H and O–H groups in total. The van der Waals surface area contributed by atoms with Gasteiger partial charge in [-0.1, -0.05) is 36.4 Å². The van der Waals surface area contributed by atoms with Crippen molar-refractivity contribution in [3.63, 3.8) is 0 Å². The van der Waals surface area contributed by atoms with Gasteiger partial charge < -0.3 is 24.4 Å². The maximum Gasteiger partial charge on any atom is 0.416 e. The second-order valence-electron chi connectivity index (χ2n) is 11.2. The number of morpholine rings is 1. The van der Waals surface area contributed by atoms with E-state index in [1.54, 1.807) is 47.4 Å². The average Bonchev–Trinajstić information content (AvgIpc) is 3.12. The molecule has 1 fully saturated rings. The van der Waals surface area contributed by atoms with Gasteiger partial charge in [0.15, 0.2) is 0 Å². The summed E-state index contributed by atoms with van der Waals surface area (Å²) in [6.45, 7) is 1.50. The van der Waals surface area contributed by atoms with Crippen molar-refractivity contribution in [2.75, 3.05) is 38.7 Å². The van der Waals surface area contributed by atoms with Gasteiger partial charge in [-0.05, 0) is 84.1 Å². The van der Waals surface area contributed by atoms with Gasteiger partial charge in [-0.2, -0.15) is 13.2 Å². The Labute approximate surface area is 280 Å². The van der Waals surface area contributed by atoms with Gasteiger partial charge in [0.05, 0.1) is 42.7 Å². The van der Waals surface area contributed by atoms with Gasteiger partial charge in [-0.3, -0.25) is 14.4 Å². The Morgan fingerprint density at radius 2 is 1.55 bits per heavy atom. The summed E-state index contributed by atoms with van der Waals surface area (Å²) < 4.78 is 54.8. The van der Waals surface area contributed by atoms with Crippen LogP contribution in [0.1, 0.15) is 55.0 Å². The topological polar surface area (TPSA) is 111 Å². The first-order chi connectivity index (χ1) is 23.5. The fraction of sp³-hybridized carbons (Fsp3) is 0.243. The minimum absolute atomic E-state index is 0.0880. The second kappa shape index (κ2) is 15.6. The molecule has 1 aliphatic rings. The number of esters is 2. The molecule has 4 aromatic carbocycles. The van der Waals surface area contributed by atoms with Crippen LogP contribution in [0.2, 0.25) is 0 Å². The molecular weight excluding hydrogens is 641 g/mol. The zero-order chi connectivity index (χ0) is 35.0. The summed E-state index contributed by atoms with van der Waals surface area (Å²) in [6.07, 6.45) is -3.55. The minimum Gasteiger partial charge on any atom is -0.465 e. The van der Waals surface area contributed by atoms with Crippen molar-refractivity contribution in [1.82, 2.24) is 4.90 Å². The van der Waals surface area contributed by atoms with Crippen molar-refractivity contribution in [2.45, 2.75) is 25.4 Å². The molecule has 1 saturated heterocycles. The molecule has 9 nitrogen and oxygen atoms in total. The first-order valence-corrected chi connectivity index (χ1v) is 15.5. The lowest BCUT2D eigenvalue weighted by Crippen LogP contribution is -2.41. The SMILES string of the molecule is COC(=O)c1ccc(OC(=O)CCCc2ccc(NC(=O)c3ccccc3-c3ccc(C(F)(F)F)cc3)c(C(=O)N3CCOCC3)c2)cc1. The summed E-state index contributed by atoms with van der Waals surface area (Å²) in [4.78, 5) is 53.0. The molecule has 4 aromatic rings. The number of aryl methyl sites for hydroxylation is 1. The van der Waals surface area contributed by atoms with Crippen LogP contribution in [-0.4, -0.2) is 62.1 Å². The van der Waals surface area contributed by atoms with Gasteiger partial charge in [-0.25, -0.2) is 4.79 Å². The van der Waals surface area contributed by atoms with Crippen LogP contribution in [0.15, 0.2) is 91.0 Å². The molecule has 1 heterocycles. The van der Waals surface area contributed by atoms with Gasteiger partial charge in [-0.15, -0.1) is 0 Å². The fourth-order valence-electron chi connectivity index (χ4n) is 5.33. The number of alkyl halides is 3. The first kappa shape index (κ1) is 34.8. The highest BCUT2D eigenvalue weighted by Crippen LogP contribution is 2.32. The number of ether oxygens (including phenoxy) is 3. The zero-order valence-corrected chi connectivity index (χ0v) is 26.5. The van der Waals surface area contributed by atoms with E-state index in [0.717, 1.165) is 17.7 Å². The third kappa shape index (κ3) is 8.90. The number of halogens is 3. The summed E-state index contributed by atoms with van der Waals surface area (Å²) in [6, 6.07) is 22.2. The van der Waals surface area contributed by atoms with Crippen LogP contribution in [0.25, 0.3) is 11.1 Å². The van der Waals surface area contributed by atoms with Gasteiger partial charge in [0.2, 0.25) is 0 Å². The number of anilines is 1. The third-order valence-corrected chi connectivity index (χ3v) is 7.91. The van der Waals surface area contributed by atoms with Crippen LogP contribution >= 0.6 is 0 Å². The van der Waals surface area contributed by atoms with E-state index in [9.17, 15) is 32.3 Å². The van der Waals surface area contributed by atoms with Crippen LogP contribution in [0.5, 0.6) is 5.75 Å². The zero-order valence-electron chi connectivity index (χ0n) is 26.5. The first-order valence-electron chi connectivity index (χ1n) is 15.5. The van der Waals surface area contributed by atoms with Gasteiger partial charge in [0.1, 0.15) is 5.75 Å². The van der Waals surface area contributed by atoms with E-state index in [-0.39, 0.29) is 34.9 Å². The highest BCUT2D eigenvalue weighted by atomic mass is 19.4. The van der Waals surface area contributed by atoms with E-state index in [4.69, 9.17) is 9.47 Å². The Bertz CT molecular complexity index is 1820. The Morgan fingerprint density at radius 3 is 2.22 bits per heavy atom. The minimum atomic E-state index is -4.49. The summed E-state index contributed by atoms with van der Waals surface area (Å²) in [5.74, 6) is -1.52. The summed E-state index contributed by atoms with van der Waals surface area (Å²) >= 11 is 0. The number of hydrogen-bond donors (Lipinski definition) is 1. The van der Waals surface area contributed by atoms with Gasteiger partial charge in [0, 0.05) is 25.1 Å². The van der Waals surface area contributed by atoms with E-state index in [1.165, 1.54) is 43.5 Å². The average molecular weight is 675 g/mol. The van der Waals surface area contributed by atoms with Crippen molar-refractivity contribution < 1.29 is 46.6 Å². The van der Waals surface area contributed by atoms with E-state index < -0.39 is 29.6 Å². The number of amides is 2. The molecular formula is C37H33F3N2O7. The van der Waals surface area contributed by atoms with Crippen molar-refractivity contribution in [3.8, 4) is 16.9 Å². The molecule has 0 spiro atoms. The lowest BCUT2D eigenvalue weighted by molar-refractivity contribution is -0.137. The highest BCUT2D eigenvalue weighted by molar-refractivity contribution is 6.12. The van der Waals surface area contributed by atoms with Crippen molar-refractivity contribution in [2.24, 2.45) is 0 Å². The third-order valence-electron chi connectivity index (χ3n) is 7.91. The van der Waals surface area contributed by atoms with Gasteiger partial charge >= 0.3 is 18.1 Å². The number of methoxy groups -OCH3 is 1. The number of carbonyl (C=O) groups is 4. The Morgan fingerprint density at radius 1 is 0.857 bits per heavy atom. The van der Waals surface area contributed by atoms with Crippen molar-refractivity contribution in [1.29, 1.82) is 0 Å².